The van der Waals surface area contributed by atoms with Crippen molar-refractivity contribution >= 4 is 83.1 Å². The Labute approximate surface area is 822 Å². The molecule has 16 nitrogen and oxygen atoms in total. The number of epoxide rings is 1. The average Bonchev–Trinajstić information content (AvgIpc) is 1.19. The second kappa shape index (κ2) is 51.0. The van der Waals surface area contributed by atoms with Gasteiger partial charge in [0.15, 0.2) is 24.4 Å². The summed E-state index contributed by atoms with van der Waals surface area (Å²) in [6, 6.07) is 46.0. The predicted octanol–water partition coefficient (Wildman–Crippen LogP) is 26.6. The molecule has 6 N–H and O–H groups in total. The molecular weight excluding hydrogens is 2160 g/mol. The SMILES string of the molecule is C.C.C.C.FC(F)(F)C1CO1.FC(F)C(F)(F)Oc1cccc(C2CCc3c(Br)cccc3N2)c1.OB(O)c1cccnc1.OC(CN1c2cccc(-c3cccnc3)c2CCC1c1cccc(OC(F)(F)C(F)F)c1)C(F)(F)F.OC(CN1c2cccc(Br)c2CCC1c1cccc(OC(F)(F)C(F)F)c1)C(F)(F)F.OC(CN1c2cccc(Br)c2CCC1c1cccc(OC(F)(F)C(F)F)c1)C(F)(F)F. The highest BCUT2D eigenvalue weighted by Gasteiger charge is 2.52. The fraction of sp³-hybridized carbons (Fsp3) is 0.383. The van der Waals surface area contributed by atoms with Crippen LogP contribution in [0.25, 0.3) is 11.1 Å². The third-order valence-electron chi connectivity index (χ3n) is 21.4. The van der Waals surface area contributed by atoms with E-state index in [1.165, 1.54) is 75.5 Å². The number of fused-ring (bicyclic) bond motifs is 4. The lowest BCUT2D eigenvalue weighted by Crippen LogP contribution is -2.44. The van der Waals surface area contributed by atoms with Crippen LogP contribution in [0.2, 0.25) is 0 Å². The average molecular weight is 2250 g/mol. The fourth-order valence-corrected chi connectivity index (χ4v) is 16.6. The van der Waals surface area contributed by atoms with Gasteiger partial charge in [0.05, 0.1) is 50.4 Å². The van der Waals surface area contributed by atoms with Gasteiger partial charge in [-0.1, -0.05) is 168 Å². The van der Waals surface area contributed by atoms with Gasteiger partial charge in [0.25, 0.3) is 0 Å². The lowest BCUT2D eigenvalue weighted by molar-refractivity contribution is -0.253. The third kappa shape index (κ3) is 32.6. The Balaban J connectivity index is 0.000000273. The lowest BCUT2D eigenvalue weighted by atomic mass is 9.82. The highest BCUT2D eigenvalue weighted by Crippen LogP contribution is 2.50. The van der Waals surface area contributed by atoms with Crippen LogP contribution in [0, 0.1) is 0 Å². The van der Waals surface area contributed by atoms with E-state index in [1.807, 2.05) is 30.3 Å². The molecule has 0 bridgehead atoms. The first-order chi connectivity index (χ1) is 64.5. The van der Waals surface area contributed by atoms with Gasteiger partial charge in [0.2, 0.25) is 0 Å². The smallest absolute Gasteiger partial charge is 0.428 e. The van der Waals surface area contributed by atoms with Crippen molar-refractivity contribution < 1.29 is 172 Å². The topological polar surface area (TPSA) is 198 Å². The lowest BCUT2D eigenvalue weighted by Gasteiger charge is -2.41. The van der Waals surface area contributed by atoms with E-state index in [0.29, 0.717) is 80.3 Å². The van der Waals surface area contributed by atoms with Crippen molar-refractivity contribution in [1.82, 2.24) is 9.97 Å². The highest BCUT2D eigenvalue weighted by atomic mass is 79.9. The Kier molecular flexibility index (Phi) is 43.3. The minimum absolute atomic E-state index is 0. The second-order valence-electron chi connectivity index (χ2n) is 31.0. The number of halogens is 31. The van der Waals surface area contributed by atoms with E-state index in [2.05, 4.69) is 86.8 Å². The summed E-state index contributed by atoms with van der Waals surface area (Å²) in [5.41, 5.74) is 9.18. The molecule has 142 heavy (non-hydrogen) atoms. The molecule has 0 amide bonds. The Morgan fingerprint density at radius 3 is 1.00 bits per heavy atom. The number of hydrogen-bond acceptors (Lipinski definition) is 16. The quantitative estimate of drug-likeness (QED) is 0.0190. The van der Waals surface area contributed by atoms with E-state index in [-0.39, 0.29) is 60.1 Å². The summed E-state index contributed by atoms with van der Waals surface area (Å²) in [5.74, 6) is -1.91. The molecule has 1 fully saturated rings. The van der Waals surface area contributed by atoms with E-state index >= 15 is 0 Å². The zero-order valence-corrected chi connectivity index (χ0v) is 75.3. The molecule has 8 unspecified atom stereocenters. The van der Waals surface area contributed by atoms with Crippen LogP contribution in [0.1, 0.15) is 124 Å². The largest absolute Gasteiger partial charge is 0.490 e. The maximum atomic E-state index is 13.4. The van der Waals surface area contributed by atoms with Crippen LogP contribution < -0.4 is 44.4 Å². The Hall–Kier alpha value is -10.2. The molecule has 7 heterocycles. The van der Waals surface area contributed by atoms with Crippen LogP contribution in [-0.4, -0.2) is 168 Å². The molecule has 780 valence electrons. The van der Waals surface area contributed by atoms with Gasteiger partial charge in [-0.05, 0) is 205 Å². The molecule has 5 aliphatic rings. The number of rotatable bonds is 24. The number of aromatic nitrogens is 2. The minimum atomic E-state index is -4.90. The summed E-state index contributed by atoms with van der Waals surface area (Å²) in [6.45, 7) is -2.56. The summed E-state index contributed by atoms with van der Waals surface area (Å²) in [4.78, 5) is 11.8. The van der Waals surface area contributed by atoms with E-state index in [4.69, 9.17) is 10.0 Å². The molecule has 0 spiro atoms. The summed E-state index contributed by atoms with van der Waals surface area (Å²) >= 11 is 10.2. The molecule has 10 aromatic rings. The van der Waals surface area contributed by atoms with Gasteiger partial charge in [-0.15, -0.1) is 0 Å². The number of hydrogen-bond donors (Lipinski definition) is 6. The maximum absolute atomic E-state index is 13.4. The van der Waals surface area contributed by atoms with Crippen LogP contribution in [0.15, 0.2) is 232 Å². The van der Waals surface area contributed by atoms with Crippen LogP contribution in [0.5, 0.6) is 23.0 Å². The van der Waals surface area contributed by atoms with Crippen LogP contribution >= 0.6 is 47.8 Å². The van der Waals surface area contributed by atoms with Gasteiger partial charge in [-0.2, -0.15) is 123 Å². The van der Waals surface area contributed by atoms with E-state index in [9.17, 15) is 138 Å². The molecule has 15 rings (SSSR count). The van der Waals surface area contributed by atoms with Crippen molar-refractivity contribution in [2.45, 2.75) is 204 Å². The summed E-state index contributed by atoms with van der Waals surface area (Å²) < 4.78 is 380. The molecule has 8 aromatic carbocycles. The summed E-state index contributed by atoms with van der Waals surface area (Å²) in [7, 11) is -1.40. The van der Waals surface area contributed by atoms with Gasteiger partial charge in [0, 0.05) is 72.0 Å². The first-order valence-electron chi connectivity index (χ1n) is 40.9. The number of nitrogens with one attached hydrogen (secondary N) is 1. The normalized spacial score (nSPS) is 17.3. The molecule has 5 aliphatic heterocycles. The van der Waals surface area contributed by atoms with Crippen LogP contribution in [0.3, 0.4) is 0 Å². The van der Waals surface area contributed by atoms with E-state index in [0.717, 1.165) is 92.8 Å². The first kappa shape index (κ1) is 120. The van der Waals surface area contributed by atoms with Crippen molar-refractivity contribution in [2.24, 2.45) is 0 Å². The van der Waals surface area contributed by atoms with Crippen molar-refractivity contribution in [3.8, 4) is 34.1 Å². The standard InChI is InChI=1S/C25H21F7N2O2.2C20H17BrF7NO2.C17H14BrF4NO.C5H6BNO2.C3H3F3O.4CH4/c26-23(27)25(31,32)36-17-6-1-4-15(12-17)20-10-9-19-18(16-5-3-11-33-13-16)7-2-8-21(19)34(20)14-22(35)24(28,29)30;2*21-14-5-2-6-16-13(14)7-8-15(29(16)10-17(30)19(24,25)26)11-3-1-4-12(9-11)31-20(27,28)18(22)23;18-13-5-2-6-15-12(13)7-8-14(23-15)10-3-1-4-11(9-10)24-17(21,22)16(19)20;8-6(9)5-2-1-3-7-4-5;4-3(5,6)2-1-7-2;;;;/h1-8,11-13,20,22-23,35H,9-10,14H2;2*1-6,9,15,17-18,30H,7-8,10H2;1-6,9,14,16,23H,7-8H2;1-4,8-9H;2H,1H2;4*1H4. The van der Waals surface area contributed by atoms with Crippen molar-refractivity contribution in [1.29, 1.82) is 0 Å². The summed E-state index contributed by atoms with van der Waals surface area (Å²) in [5, 5.41) is 49.7. The number of anilines is 4. The highest BCUT2D eigenvalue weighted by molar-refractivity contribution is 9.11. The zero-order chi connectivity index (χ0) is 102. The monoisotopic (exact) mass is 2250 g/mol. The van der Waals surface area contributed by atoms with Crippen molar-refractivity contribution in [3.63, 3.8) is 0 Å². The number of ether oxygens (including phenoxy) is 5. The van der Waals surface area contributed by atoms with E-state index < -0.39 is 161 Å². The number of β-amino-alcohol motifs (C(OH)–C–C–N with tert-alkyl or cyclic N) is 3. The number of aliphatic hydroxyl groups excluding tert-OH is 3. The molecule has 48 heteroatoms. The van der Waals surface area contributed by atoms with Gasteiger partial charge >= 0.3 is 82.0 Å². The number of aliphatic hydroxyl groups is 3. The fourth-order valence-electron chi connectivity index (χ4n) is 14.9. The molecule has 0 saturated carbocycles. The number of alkyl halides is 28. The van der Waals surface area contributed by atoms with Gasteiger partial charge in [-0.25, -0.2) is 0 Å². The van der Waals surface area contributed by atoms with Gasteiger partial charge in [-0.3, -0.25) is 9.97 Å². The molecule has 0 aliphatic carbocycles. The van der Waals surface area contributed by atoms with Crippen molar-refractivity contribution in [3.05, 3.63) is 277 Å². The number of benzene rings is 8. The zero-order valence-electron chi connectivity index (χ0n) is 70.5. The number of nitrogens with zero attached hydrogens (tertiary/aromatic N) is 5. The van der Waals surface area contributed by atoms with Crippen molar-refractivity contribution in [2.75, 3.05) is 46.3 Å². The van der Waals surface area contributed by atoms with Crippen LogP contribution in [-0.2, 0) is 30.4 Å². The second-order valence-corrected chi connectivity index (χ2v) is 33.5. The molecule has 2 aromatic heterocycles. The van der Waals surface area contributed by atoms with Gasteiger partial charge in [0.1, 0.15) is 23.0 Å². The molecule has 8 atom stereocenters. The Morgan fingerprint density at radius 1 is 0.380 bits per heavy atom. The molecule has 0 radical (unpaired) electrons. The van der Waals surface area contributed by atoms with Crippen LogP contribution in [0.4, 0.5) is 146 Å². The van der Waals surface area contributed by atoms with E-state index in [1.54, 1.807) is 91.4 Å². The molecular formula is C94H94BBr3F28N6O10. The third-order valence-corrected chi connectivity index (χ3v) is 23.7. The minimum Gasteiger partial charge on any atom is -0.428 e. The number of pyridine rings is 2. The maximum Gasteiger partial charge on any atom is 0.490 e. The molecule has 1 saturated heterocycles. The van der Waals surface area contributed by atoms with Gasteiger partial charge < -0.3 is 69.1 Å². The Morgan fingerprint density at radius 2 is 0.690 bits per heavy atom. The summed E-state index contributed by atoms with van der Waals surface area (Å²) in [6.07, 6.45) is -52.9. The first-order valence-corrected chi connectivity index (χ1v) is 43.3. The Bertz CT molecular complexity index is 5470. The predicted molar refractivity (Wildman–Crippen MR) is 487 cm³/mol.